The van der Waals surface area contributed by atoms with Gasteiger partial charge in [0, 0.05) is 57.6 Å². The van der Waals surface area contributed by atoms with Gasteiger partial charge in [0.2, 0.25) is 0 Å². The molecule has 92 valence electrons. The number of Topliss-reactive ketones (excluding diaryl/α,β-unsaturated/α-hetero) is 1. The van der Waals surface area contributed by atoms with Crippen LogP contribution in [0.15, 0.2) is 6.20 Å². The molecular formula is C12H15N2O2W-. The van der Waals surface area contributed by atoms with E-state index in [4.69, 9.17) is 5.73 Å². The number of amides is 1. The van der Waals surface area contributed by atoms with E-state index in [1.165, 1.54) is 0 Å². The van der Waals surface area contributed by atoms with Crippen LogP contribution < -0.4 is 0 Å². The molecule has 0 bridgehead atoms. The zero-order chi connectivity index (χ0) is 12.1. The summed E-state index contributed by atoms with van der Waals surface area (Å²) in [6.45, 7) is 4.09. The molecule has 0 saturated heterocycles. The molecule has 4 nitrogen and oxygen atoms in total. The van der Waals surface area contributed by atoms with Crippen molar-refractivity contribution in [2.75, 3.05) is 0 Å². The minimum Gasteiger partial charge on any atom is -0.663 e. The molecule has 0 fully saturated rings. The standard InChI is InChI=1S/C12H16N2O2.W/c1-12(2)4-8-10(9(15)5-12)7(11(13)16)6-14(8)3;/h6H,4-5H2,1-3H3,(H2,13,16);/p-1. The maximum absolute atomic E-state index is 12.0. The number of aryl methyl sites for hydroxylation is 1. The molecule has 1 N–H and O–H groups in total. The van der Waals surface area contributed by atoms with Crippen molar-refractivity contribution >= 4 is 11.7 Å². The fourth-order valence-electron chi connectivity index (χ4n) is 2.40. The van der Waals surface area contributed by atoms with Gasteiger partial charge >= 0.3 is 0 Å². The van der Waals surface area contributed by atoms with Crippen LogP contribution in [-0.4, -0.2) is 16.3 Å². The van der Waals surface area contributed by atoms with Crippen molar-refractivity contribution in [3.8, 4) is 0 Å². The number of carbonyl (C=O) groups excluding carboxylic acids is 2. The van der Waals surface area contributed by atoms with Gasteiger partial charge in [-0.15, -0.1) is 0 Å². The van der Waals surface area contributed by atoms with E-state index in [2.05, 4.69) is 0 Å². The molecule has 0 atom stereocenters. The number of carbonyl (C=O) groups is 2. The number of nitrogens with zero attached hydrogens (tertiary/aromatic N) is 1. The number of rotatable bonds is 1. The van der Waals surface area contributed by atoms with Crippen molar-refractivity contribution in [1.29, 1.82) is 0 Å². The van der Waals surface area contributed by atoms with Crippen molar-refractivity contribution in [2.45, 2.75) is 26.7 Å². The Morgan fingerprint density at radius 1 is 1.41 bits per heavy atom. The van der Waals surface area contributed by atoms with Crippen molar-refractivity contribution in [2.24, 2.45) is 12.5 Å². The van der Waals surface area contributed by atoms with Gasteiger partial charge in [-0.25, -0.2) is 0 Å². The second kappa shape index (κ2) is 4.41. The maximum Gasteiger partial charge on any atom is 0.165 e. The molecule has 1 aromatic heterocycles. The largest absolute Gasteiger partial charge is 0.663 e. The van der Waals surface area contributed by atoms with Gasteiger partial charge in [0.05, 0.1) is 5.91 Å². The van der Waals surface area contributed by atoms with E-state index >= 15 is 0 Å². The average molecular weight is 403 g/mol. The molecule has 1 aromatic rings. The summed E-state index contributed by atoms with van der Waals surface area (Å²) in [4.78, 5) is 23.1. The third-order valence-electron chi connectivity index (χ3n) is 3.11. The minimum absolute atomic E-state index is 0. The Labute approximate surface area is 115 Å². The van der Waals surface area contributed by atoms with Crippen LogP contribution in [0.1, 0.15) is 46.7 Å². The zero-order valence-corrected chi connectivity index (χ0v) is 13.1. The average Bonchev–Trinajstić information content (AvgIpc) is 2.42. The third kappa shape index (κ3) is 2.37. The summed E-state index contributed by atoms with van der Waals surface area (Å²) in [6, 6.07) is 0. The molecule has 5 heteroatoms. The van der Waals surface area contributed by atoms with E-state index in [1.54, 1.807) is 10.8 Å². The number of hydrogen-bond acceptors (Lipinski definition) is 2. The quantitative estimate of drug-likeness (QED) is 0.723. The van der Waals surface area contributed by atoms with E-state index in [9.17, 15) is 9.59 Å². The smallest absolute Gasteiger partial charge is 0.165 e. The van der Waals surface area contributed by atoms with Gasteiger partial charge in [0.1, 0.15) is 0 Å². The molecule has 17 heavy (non-hydrogen) atoms. The normalized spacial score (nSPS) is 17.2. The topological polar surface area (TPSA) is 62.9 Å². The van der Waals surface area contributed by atoms with Gasteiger partial charge in [-0.1, -0.05) is 13.8 Å². The molecule has 1 amide bonds. The van der Waals surface area contributed by atoms with E-state index in [-0.39, 0.29) is 37.8 Å². The number of ketones is 1. The van der Waals surface area contributed by atoms with Crippen LogP contribution in [0.3, 0.4) is 0 Å². The van der Waals surface area contributed by atoms with Gasteiger partial charge in [0.15, 0.2) is 5.78 Å². The summed E-state index contributed by atoms with van der Waals surface area (Å²) in [5, 5.41) is 0. The molecule has 1 aliphatic carbocycles. The molecule has 0 saturated carbocycles. The fourth-order valence-corrected chi connectivity index (χ4v) is 2.40. The first-order chi connectivity index (χ1) is 7.32. The van der Waals surface area contributed by atoms with Gasteiger partial charge in [-0.2, -0.15) is 0 Å². The molecule has 0 aliphatic heterocycles. The van der Waals surface area contributed by atoms with E-state index in [1.807, 2.05) is 20.9 Å². The summed E-state index contributed by atoms with van der Waals surface area (Å²) >= 11 is 0. The predicted octanol–water partition coefficient (Wildman–Crippen LogP) is 2.37. The summed E-state index contributed by atoms with van der Waals surface area (Å²) in [5.74, 6) is -0.785. The number of aromatic nitrogens is 1. The summed E-state index contributed by atoms with van der Waals surface area (Å²) in [5.41, 5.74) is 8.71. The first kappa shape index (κ1) is 14.2. The first-order valence-electron chi connectivity index (χ1n) is 5.29. The van der Waals surface area contributed by atoms with Crippen LogP contribution in [0.2, 0.25) is 0 Å². The number of nitrogens with one attached hydrogen (secondary N) is 1. The van der Waals surface area contributed by atoms with E-state index in [0.29, 0.717) is 12.0 Å². The summed E-state index contributed by atoms with van der Waals surface area (Å²) in [6.07, 6.45) is 2.82. The predicted molar refractivity (Wildman–Crippen MR) is 60.5 cm³/mol. The number of fused-ring (bicyclic) bond motifs is 1. The summed E-state index contributed by atoms with van der Waals surface area (Å²) in [7, 11) is 1.82. The fraction of sp³-hybridized carbons (Fsp3) is 0.500. The molecule has 1 heterocycles. The van der Waals surface area contributed by atoms with Crippen LogP contribution >= 0.6 is 0 Å². The van der Waals surface area contributed by atoms with E-state index in [0.717, 1.165) is 12.1 Å². The van der Waals surface area contributed by atoms with Crippen molar-refractivity contribution < 1.29 is 30.7 Å². The SMILES string of the molecule is Cn1cc(C([NH-])=O)c2c1CC(C)(C)CC2=O.[W]. The Bertz CT molecular complexity index is 489. The molecule has 2 rings (SSSR count). The van der Waals surface area contributed by atoms with Crippen LogP contribution in [-0.2, 0) is 34.5 Å². The second-order valence-corrected chi connectivity index (χ2v) is 5.25. The van der Waals surface area contributed by atoms with Crippen LogP contribution in [0.5, 0.6) is 0 Å². The molecular weight excluding hydrogens is 388 g/mol. The van der Waals surface area contributed by atoms with Gasteiger partial charge in [0.25, 0.3) is 0 Å². The van der Waals surface area contributed by atoms with Crippen LogP contribution in [0, 0.1) is 5.41 Å². The summed E-state index contributed by atoms with van der Waals surface area (Å²) < 4.78 is 1.80. The Morgan fingerprint density at radius 2 is 2.00 bits per heavy atom. The van der Waals surface area contributed by atoms with Crippen molar-refractivity contribution in [3.05, 3.63) is 28.8 Å². The van der Waals surface area contributed by atoms with Gasteiger partial charge < -0.3 is 15.1 Å². The van der Waals surface area contributed by atoms with Crippen LogP contribution in [0.25, 0.3) is 5.73 Å². The first-order valence-corrected chi connectivity index (χ1v) is 5.29. The molecule has 0 spiro atoms. The Kier molecular flexibility index (Phi) is 3.68. The molecule has 0 aromatic carbocycles. The second-order valence-electron chi connectivity index (χ2n) is 5.25. The molecule has 1 aliphatic rings. The van der Waals surface area contributed by atoms with E-state index < -0.39 is 5.91 Å². The monoisotopic (exact) mass is 403 g/mol. The zero-order valence-electron chi connectivity index (χ0n) is 10.2. The van der Waals surface area contributed by atoms with Crippen molar-refractivity contribution in [3.63, 3.8) is 0 Å². The van der Waals surface area contributed by atoms with Gasteiger partial charge in [-0.3, -0.25) is 4.79 Å². The third-order valence-corrected chi connectivity index (χ3v) is 3.11. The molecule has 0 unspecified atom stereocenters. The van der Waals surface area contributed by atoms with Gasteiger partial charge in [-0.05, 0) is 11.8 Å². The Morgan fingerprint density at radius 3 is 2.53 bits per heavy atom. The Balaban J connectivity index is 0.00000144. The minimum atomic E-state index is -0.773. The number of hydrogen-bond donors (Lipinski definition) is 0. The maximum atomic E-state index is 12.0. The Hall–Kier alpha value is -0.892. The molecule has 0 radical (unpaired) electrons. The van der Waals surface area contributed by atoms with Crippen molar-refractivity contribution in [1.82, 2.24) is 4.57 Å². The van der Waals surface area contributed by atoms with Crippen LogP contribution in [0.4, 0.5) is 0 Å².